The van der Waals surface area contributed by atoms with E-state index in [4.69, 9.17) is 0 Å². The number of thiazole rings is 1. The molecule has 18 heavy (non-hydrogen) atoms. The van der Waals surface area contributed by atoms with E-state index in [1.807, 2.05) is 18.4 Å². The number of nitro benzene ring substituents is 1. The van der Waals surface area contributed by atoms with Crippen LogP contribution in [0.2, 0.25) is 0 Å². The summed E-state index contributed by atoms with van der Waals surface area (Å²) < 4.78 is 0. The van der Waals surface area contributed by atoms with E-state index in [-0.39, 0.29) is 16.7 Å². The summed E-state index contributed by atoms with van der Waals surface area (Å²) in [7, 11) is 0. The summed E-state index contributed by atoms with van der Waals surface area (Å²) in [6.07, 6.45) is 1.75. The van der Waals surface area contributed by atoms with Gasteiger partial charge in [-0.15, -0.1) is 11.3 Å². The van der Waals surface area contributed by atoms with Gasteiger partial charge >= 0.3 is 0 Å². The lowest BCUT2D eigenvalue weighted by Gasteiger charge is -2.13. The van der Waals surface area contributed by atoms with Crippen LogP contribution in [0.25, 0.3) is 0 Å². The van der Waals surface area contributed by atoms with Crippen molar-refractivity contribution in [1.29, 1.82) is 0 Å². The van der Waals surface area contributed by atoms with Crippen molar-refractivity contribution in [2.45, 2.75) is 19.5 Å². The van der Waals surface area contributed by atoms with Gasteiger partial charge in [-0.2, -0.15) is 0 Å². The Morgan fingerprint density at radius 1 is 1.50 bits per heavy atom. The molecule has 0 spiro atoms. The predicted octanol–water partition coefficient (Wildman–Crippen LogP) is 2.90. The molecule has 0 aliphatic rings. The first kappa shape index (κ1) is 12.7. The number of hydrogen-bond acceptors (Lipinski definition) is 5. The van der Waals surface area contributed by atoms with Gasteiger partial charge < -0.3 is 5.32 Å². The van der Waals surface area contributed by atoms with E-state index in [0.29, 0.717) is 12.1 Å². The second kappa shape index (κ2) is 5.70. The molecule has 2 rings (SSSR count). The summed E-state index contributed by atoms with van der Waals surface area (Å²) in [4.78, 5) is 14.7. The molecule has 0 bridgehead atoms. The number of nitro groups is 1. The lowest BCUT2D eigenvalue weighted by Crippen LogP contribution is -2.18. The second-order valence-electron chi connectivity index (χ2n) is 3.84. The molecular formula is C12H13N3O2S. The Balaban J connectivity index is 2.09. The molecule has 0 saturated heterocycles. The second-order valence-corrected chi connectivity index (χ2v) is 4.82. The van der Waals surface area contributed by atoms with Gasteiger partial charge in [0.15, 0.2) is 0 Å². The SMILES string of the molecule is CC(NCc1nccs1)c1ccccc1[N+](=O)[O-]. The lowest BCUT2D eigenvalue weighted by molar-refractivity contribution is -0.385. The number of benzene rings is 1. The fraction of sp³-hybridized carbons (Fsp3) is 0.250. The molecule has 1 unspecified atom stereocenters. The van der Waals surface area contributed by atoms with E-state index in [2.05, 4.69) is 10.3 Å². The first-order valence-corrected chi connectivity index (χ1v) is 6.41. The van der Waals surface area contributed by atoms with Crippen LogP contribution in [0.4, 0.5) is 5.69 Å². The van der Waals surface area contributed by atoms with Crippen LogP contribution in [-0.4, -0.2) is 9.91 Å². The van der Waals surface area contributed by atoms with E-state index in [0.717, 1.165) is 5.01 Å². The summed E-state index contributed by atoms with van der Waals surface area (Å²) in [6.45, 7) is 2.53. The first-order valence-electron chi connectivity index (χ1n) is 5.53. The normalized spacial score (nSPS) is 12.3. The number of nitrogens with one attached hydrogen (secondary N) is 1. The van der Waals surface area contributed by atoms with Gasteiger partial charge in [0.1, 0.15) is 5.01 Å². The van der Waals surface area contributed by atoms with Crippen molar-refractivity contribution >= 4 is 17.0 Å². The molecule has 1 N–H and O–H groups in total. The quantitative estimate of drug-likeness (QED) is 0.665. The maximum absolute atomic E-state index is 10.9. The Kier molecular flexibility index (Phi) is 4.01. The molecule has 1 atom stereocenters. The maximum atomic E-state index is 10.9. The molecule has 0 aliphatic heterocycles. The molecule has 1 heterocycles. The number of hydrogen-bond donors (Lipinski definition) is 1. The van der Waals surface area contributed by atoms with Crippen LogP contribution < -0.4 is 5.32 Å². The Labute approximate surface area is 109 Å². The van der Waals surface area contributed by atoms with Crippen molar-refractivity contribution in [1.82, 2.24) is 10.3 Å². The smallest absolute Gasteiger partial charge is 0.274 e. The first-order chi connectivity index (χ1) is 8.68. The van der Waals surface area contributed by atoms with Gasteiger partial charge in [0.25, 0.3) is 5.69 Å². The van der Waals surface area contributed by atoms with Crippen molar-refractivity contribution in [2.75, 3.05) is 0 Å². The zero-order valence-electron chi connectivity index (χ0n) is 9.87. The third-order valence-corrected chi connectivity index (χ3v) is 3.42. The zero-order valence-corrected chi connectivity index (χ0v) is 10.7. The van der Waals surface area contributed by atoms with Crippen LogP contribution >= 0.6 is 11.3 Å². The van der Waals surface area contributed by atoms with E-state index in [1.54, 1.807) is 29.7 Å². The molecule has 0 aliphatic carbocycles. The average molecular weight is 263 g/mol. The average Bonchev–Trinajstić information content (AvgIpc) is 2.89. The molecule has 0 saturated carbocycles. The molecule has 0 fully saturated rings. The molecular weight excluding hydrogens is 250 g/mol. The number of rotatable bonds is 5. The summed E-state index contributed by atoms with van der Waals surface area (Å²) in [5, 5.41) is 17.0. The highest BCUT2D eigenvalue weighted by molar-refractivity contribution is 7.09. The van der Waals surface area contributed by atoms with E-state index < -0.39 is 0 Å². The topological polar surface area (TPSA) is 68.1 Å². The van der Waals surface area contributed by atoms with Gasteiger partial charge in [0, 0.05) is 35.8 Å². The zero-order chi connectivity index (χ0) is 13.0. The minimum absolute atomic E-state index is 0.0875. The van der Waals surface area contributed by atoms with E-state index >= 15 is 0 Å². The Morgan fingerprint density at radius 3 is 2.94 bits per heavy atom. The fourth-order valence-corrected chi connectivity index (χ4v) is 2.28. The minimum atomic E-state index is -0.350. The Bertz CT molecular complexity index is 528. The number of para-hydroxylation sites is 1. The largest absolute Gasteiger partial charge is 0.304 e. The van der Waals surface area contributed by atoms with Gasteiger partial charge in [-0.25, -0.2) is 4.98 Å². The highest BCUT2D eigenvalue weighted by Gasteiger charge is 2.17. The lowest BCUT2D eigenvalue weighted by atomic mass is 10.1. The van der Waals surface area contributed by atoms with Crippen molar-refractivity contribution < 1.29 is 4.92 Å². The van der Waals surface area contributed by atoms with Crippen LogP contribution in [0.5, 0.6) is 0 Å². The van der Waals surface area contributed by atoms with Crippen molar-refractivity contribution in [3.8, 4) is 0 Å². The number of aromatic nitrogens is 1. The molecule has 1 aromatic carbocycles. The van der Waals surface area contributed by atoms with Gasteiger partial charge in [-0.3, -0.25) is 10.1 Å². The van der Waals surface area contributed by atoms with Gasteiger partial charge in [0.05, 0.1) is 4.92 Å². The third-order valence-electron chi connectivity index (χ3n) is 2.64. The van der Waals surface area contributed by atoms with E-state index in [9.17, 15) is 10.1 Å². The predicted molar refractivity (Wildman–Crippen MR) is 70.5 cm³/mol. The van der Waals surface area contributed by atoms with Crippen molar-refractivity contribution in [3.05, 3.63) is 56.5 Å². The third kappa shape index (κ3) is 2.91. The standard InChI is InChI=1S/C12H13N3O2S/c1-9(14-8-12-13-6-7-18-12)10-4-2-3-5-11(10)15(16)17/h2-7,9,14H,8H2,1H3. The van der Waals surface area contributed by atoms with Gasteiger partial charge in [0.2, 0.25) is 0 Å². The van der Waals surface area contributed by atoms with Crippen LogP contribution in [0.3, 0.4) is 0 Å². The van der Waals surface area contributed by atoms with E-state index in [1.165, 1.54) is 6.07 Å². The van der Waals surface area contributed by atoms with Crippen LogP contribution in [0.1, 0.15) is 23.5 Å². The molecule has 6 heteroatoms. The highest BCUT2D eigenvalue weighted by atomic mass is 32.1. The van der Waals surface area contributed by atoms with Gasteiger partial charge in [-0.1, -0.05) is 18.2 Å². The highest BCUT2D eigenvalue weighted by Crippen LogP contribution is 2.24. The molecule has 94 valence electrons. The Morgan fingerprint density at radius 2 is 2.28 bits per heavy atom. The Hall–Kier alpha value is -1.79. The van der Waals surface area contributed by atoms with Gasteiger partial charge in [-0.05, 0) is 6.92 Å². The van der Waals surface area contributed by atoms with Crippen molar-refractivity contribution in [3.63, 3.8) is 0 Å². The molecule has 0 radical (unpaired) electrons. The summed E-state index contributed by atoms with van der Waals surface area (Å²) in [6, 6.07) is 6.70. The summed E-state index contributed by atoms with van der Waals surface area (Å²) >= 11 is 1.56. The monoisotopic (exact) mass is 263 g/mol. The molecule has 5 nitrogen and oxygen atoms in total. The molecule has 2 aromatic rings. The fourth-order valence-electron chi connectivity index (χ4n) is 1.71. The molecule has 1 aromatic heterocycles. The maximum Gasteiger partial charge on any atom is 0.274 e. The van der Waals surface area contributed by atoms with Crippen molar-refractivity contribution in [2.24, 2.45) is 0 Å². The van der Waals surface area contributed by atoms with Crippen LogP contribution in [-0.2, 0) is 6.54 Å². The summed E-state index contributed by atoms with van der Waals surface area (Å²) in [5.41, 5.74) is 0.843. The van der Waals surface area contributed by atoms with Crippen LogP contribution in [0, 0.1) is 10.1 Å². The van der Waals surface area contributed by atoms with Crippen LogP contribution in [0.15, 0.2) is 35.8 Å². The summed E-state index contributed by atoms with van der Waals surface area (Å²) in [5.74, 6) is 0. The minimum Gasteiger partial charge on any atom is -0.304 e. The number of nitrogens with zero attached hydrogens (tertiary/aromatic N) is 2. The molecule has 0 amide bonds.